The summed E-state index contributed by atoms with van der Waals surface area (Å²) in [6.45, 7) is 2.22. The quantitative estimate of drug-likeness (QED) is 0.685. The topological polar surface area (TPSA) is 72.7 Å². The lowest BCUT2D eigenvalue weighted by Gasteiger charge is -2.03. The molecular formula is C16H16FN5OS2. The summed E-state index contributed by atoms with van der Waals surface area (Å²) < 4.78 is 23.5. The van der Waals surface area contributed by atoms with Crippen molar-refractivity contribution in [3.8, 4) is 0 Å². The molecule has 3 rings (SSSR count). The molecule has 0 atom stereocenters. The molecule has 1 aromatic carbocycles. The highest BCUT2D eigenvalue weighted by molar-refractivity contribution is 7.99. The van der Waals surface area contributed by atoms with E-state index >= 15 is 0 Å². The zero-order chi connectivity index (χ0) is 17.6. The normalized spacial score (nSPS) is 10.8. The minimum atomic E-state index is -0.271. The van der Waals surface area contributed by atoms with E-state index in [1.807, 2.05) is 6.92 Å². The third kappa shape index (κ3) is 4.86. The van der Waals surface area contributed by atoms with Gasteiger partial charge in [-0.05, 0) is 13.0 Å². The second kappa shape index (κ2) is 8.21. The molecule has 3 aromatic rings. The van der Waals surface area contributed by atoms with Crippen LogP contribution in [0.15, 0.2) is 36.7 Å². The van der Waals surface area contributed by atoms with Crippen molar-refractivity contribution < 1.29 is 9.18 Å². The van der Waals surface area contributed by atoms with Crippen molar-refractivity contribution in [1.29, 1.82) is 0 Å². The Labute approximate surface area is 152 Å². The molecule has 0 bridgehead atoms. The molecule has 1 amide bonds. The Kier molecular flexibility index (Phi) is 5.77. The van der Waals surface area contributed by atoms with Crippen LogP contribution in [0.5, 0.6) is 0 Å². The Hall–Kier alpha value is -2.26. The van der Waals surface area contributed by atoms with Gasteiger partial charge in [0.05, 0.1) is 47.3 Å². The fourth-order valence-electron chi connectivity index (χ4n) is 2.13. The Balaban J connectivity index is 1.48. The Morgan fingerprint density at radius 3 is 2.96 bits per heavy atom. The number of aryl methyl sites for hydroxylation is 1. The molecule has 0 fully saturated rings. The van der Waals surface area contributed by atoms with Gasteiger partial charge in [-0.2, -0.15) is 13.8 Å². The number of carbonyl (C=O) groups excluding carboxylic acids is 1. The first-order valence-corrected chi connectivity index (χ1v) is 9.42. The Morgan fingerprint density at radius 2 is 2.20 bits per heavy atom. The van der Waals surface area contributed by atoms with Gasteiger partial charge in [-0.1, -0.05) is 18.2 Å². The Bertz CT molecular complexity index is 864. The van der Waals surface area contributed by atoms with Crippen LogP contribution in [-0.4, -0.2) is 30.2 Å². The maximum absolute atomic E-state index is 13.7. The summed E-state index contributed by atoms with van der Waals surface area (Å²) in [5, 5.41) is 6.94. The molecule has 0 saturated heterocycles. The van der Waals surface area contributed by atoms with Crippen molar-refractivity contribution in [2.24, 2.45) is 0 Å². The van der Waals surface area contributed by atoms with Crippen LogP contribution in [-0.2, 0) is 17.1 Å². The largest absolute Gasteiger partial charge is 0.323 e. The van der Waals surface area contributed by atoms with E-state index in [2.05, 4.69) is 19.2 Å². The molecule has 2 aromatic heterocycles. The molecule has 9 heteroatoms. The highest BCUT2D eigenvalue weighted by Crippen LogP contribution is 2.15. The van der Waals surface area contributed by atoms with Crippen LogP contribution in [0.1, 0.15) is 17.0 Å². The lowest BCUT2D eigenvalue weighted by molar-refractivity contribution is -0.113. The number of nitrogens with one attached hydrogen (secondary N) is 1. The number of benzene rings is 1. The van der Waals surface area contributed by atoms with Gasteiger partial charge in [-0.25, -0.2) is 4.39 Å². The zero-order valence-corrected chi connectivity index (χ0v) is 15.1. The number of thioether (sulfide) groups is 1. The van der Waals surface area contributed by atoms with Gasteiger partial charge < -0.3 is 5.32 Å². The predicted molar refractivity (Wildman–Crippen MR) is 97.2 cm³/mol. The van der Waals surface area contributed by atoms with Crippen LogP contribution in [0, 0.1) is 12.7 Å². The van der Waals surface area contributed by atoms with Crippen LogP contribution in [0.3, 0.4) is 0 Å². The van der Waals surface area contributed by atoms with Gasteiger partial charge in [-0.3, -0.25) is 9.48 Å². The lowest BCUT2D eigenvalue weighted by Crippen LogP contribution is -2.13. The van der Waals surface area contributed by atoms with E-state index in [4.69, 9.17) is 0 Å². The molecule has 130 valence electrons. The summed E-state index contributed by atoms with van der Waals surface area (Å²) in [5.74, 6) is 0.584. The van der Waals surface area contributed by atoms with E-state index in [0.717, 1.165) is 11.4 Å². The van der Waals surface area contributed by atoms with E-state index in [1.54, 1.807) is 35.3 Å². The summed E-state index contributed by atoms with van der Waals surface area (Å²) in [7, 11) is 0. The number of hydrogen-bond donors (Lipinski definition) is 1. The van der Waals surface area contributed by atoms with Crippen molar-refractivity contribution in [3.05, 3.63) is 59.4 Å². The van der Waals surface area contributed by atoms with Crippen LogP contribution in [0.25, 0.3) is 0 Å². The lowest BCUT2D eigenvalue weighted by atomic mass is 10.2. The SMILES string of the molecule is Cc1nsnc1CSCC(=O)Nc1cnn(Cc2ccccc2F)c1. The number of anilines is 1. The maximum Gasteiger partial charge on any atom is 0.234 e. The van der Waals surface area contributed by atoms with Gasteiger partial charge >= 0.3 is 0 Å². The van der Waals surface area contributed by atoms with E-state index in [0.29, 0.717) is 29.3 Å². The summed E-state index contributed by atoms with van der Waals surface area (Å²) in [5.41, 5.74) is 2.97. The van der Waals surface area contributed by atoms with Crippen molar-refractivity contribution in [2.75, 3.05) is 11.1 Å². The second-order valence-electron chi connectivity index (χ2n) is 5.36. The molecule has 0 aliphatic carbocycles. The fourth-order valence-corrected chi connectivity index (χ4v) is 3.61. The van der Waals surface area contributed by atoms with Gasteiger partial charge in [0.2, 0.25) is 5.91 Å². The Morgan fingerprint density at radius 1 is 1.36 bits per heavy atom. The third-order valence-corrected chi connectivity index (χ3v) is 5.03. The predicted octanol–water partition coefficient (Wildman–Crippen LogP) is 3.10. The molecule has 1 N–H and O–H groups in total. The maximum atomic E-state index is 13.7. The van der Waals surface area contributed by atoms with Crippen molar-refractivity contribution >= 4 is 35.1 Å². The molecule has 25 heavy (non-hydrogen) atoms. The first-order chi connectivity index (χ1) is 12.1. The highest BCUT2D eigenvalue weighted by Gasteiger charge is 2.09. The number of carbonyl (C=O) groups is 1. The molecule has 0 spiro atoms. The summed E-state index contributed by atoms with van der Waals surface area (Å²) >= 11 is 2.66. The first kappa shape index (κ1) is 17.6. The summed E-state index contributed by atoms with van der Waals surface area (Å²) in [6.07, 6.45) is 3.24. The fraction of sp³-hybridized carbons (Fsp3) is 0.250. The van der Waals surface area contributed by atoms with E-state index in [-0.39, 0.29) is 11.7 Å². The van der Waals surface area contributed by atoms with Gasteiger partial charge in [-0.15, -0.1) is 11.8 Å². The monoisotopic (exact) mass is 377 g/mol. The van der Waals surface area contributed by atoms with Crippen molar-refractivity contribution in [3.63, 3.8) is 0 Å². The first-order valence-electron chi connectivity index (χ1n) is 7.53. The zero-order valence-electron chi connectivity index (χ0n) is 13.5. The van der Waals surface area contributed by atoms with Crippen LogP contribution < -0.4 is 5.32 Å². The smallest absolute Gasteiger partial charge is 0.234 e. The minimum absolute atomic E-state index is 0.115. The minimum Gasteiger partial charge on any atom is -0.323 e. The molecule has 0 aliphatic rings. The molecule has 0 aliphatic heterocycles. The average Bonchev–Trinajstić information content (AvgIpc) is 3.19. The summed E-state index contributed by atoms with van der Waals surface area (Å²) in [6, 6.07) is 6.55. The number of hydrogen-bond acceptors (Lipinski definition) is 6. The number of nitrogens with zero attached hydrogens (tertiary/aromatic N) is 4. The molecule has 0 unspecified atom stereocenters. The molecular weight excluding hydrogens is 361 g/mol. The van der Waals surface area contributed by atoms with Gasteiger partial charge in [0, 0.05) is 17.5 Å². The van der Waals surface area contributed by atoms with E-state index in [9.17, 15) is 9.18 Å². The van der Waals surface area contributed by atoms with Crippen molar-refractivity contribution in [2.45, 2.75) is 19.2 Å². The van der Waals surface area contributed by atoms with Crippen LogP contribution >= 0.6 is 23.5 Å². The van der Waals surface area contributed by atoms with Crippen LogP contribution in [0.4, 0.5) is 10.1 Å². The standard InChI is InChI=1S/C16H16FN5OS2/c1-11-15(21-25-20-11)9-24-10-16(23)19-13-6-18-22(8-13)7-12-4-2-3-5-14(12)17/h2-6,8H,7,9-10H2,1H3,(H,19,23). The molecule has 0 saturated carbocycles. The highest BCUT2D eigenvalue weighted by atomic mass is 32.2. The molecule has 6 nitrogen and oxygen atoms in total. The van der Waals surface area contributed by atoms with Gasteiger partial charge in [0.15, 0.2) is 0 Å². The summed E-state index contributed by atoms with van der Waals surface area (Å²) in [4.78, 5) is 12.0. The second-order valence-corrected chi connectivity index (χ2v) is 6.87. The van der Waals surface area contributed by atoms with E-state index in [1.165, 1.54) is 29.6 Å². The van der Waals surface area contributed by atoms with E-state index < -0.39 is 0 Å². The number of aromatic nitrogens is 4. The average molecular weight is 377 g/mol. The number of halogens is 1. The van der Waals surface area contributed by atoms with Crippen molar-refractivity contribution in [1.82, 2.24) is 18.5 Å². The number of rotatable bonds is 7. The van der Waals surface area contributed by atoms with Gasteiger partial charge in [0.25, 0.3) is 0 Å². The number of amides is 1. The third-order valence-electron chi connectivity index (χ3n) is 3.43. The molecule has 0 radical (unpaired) electrons. The van der Waals surface area contributed by atoms with Gasteiger partial charge in [0.1, 0.15) is 5.82 Å². The molecule has 2 heterocycles. The van der Waals surface area contributed by atoms with Crippen LogP contribution in [0.2, 0.25) is 0 Å².